The number of carbonyl (C=O) groups excluding carboxylic acids is 1. The SMILES string of the molecule is COc1ccc2c(c1)CCC/C2=N/NC(N)=O. The number of benzene rings is 1. The van der Waals surface area contributed by atoms with Crippen molar-refractivity contribution in [1.82, 2.24) is 5.43 Å². The Balaban J connectivity index is 2.31. The molecule has 5 nitrogen and oxygen atoms in total. The number of methoxy groups -OCH3 is 1. The zero-order valence-electron chi connectivity index (χ0n) is 9.69. The van der Waals surface area contributed by atoms with Crippen LogP contribution in [0, 0.1) is 0 Å². The minimum absolute atomic E-state index is 0.641. The highest BCUT2D eigenvalue weighted by atomic mass is 16.5. The lowest BCUT2D eigenvalue weighted by atomic mass is 9.90. The van der Waals surface area contributed by atoms with E-state index in [1.165, 1.54) is 5.56 Å². The van der Waals surface area contributed by atoms with Gasteiger partial charge in [-0.1, -0.05) is 0 Å². The van der Waals surface area contributed by atoms with E-state index in [2.05, 4.69) is 10.5 Å². The summed E-state index contributed by atoms with van der Waals surface area (Å²) < 4.78 is 5.18. The molecule has 0 aliphatic heterocycles. The first-order valence-electron chi connectivity index (χ1n) is 5.50. The summed E-state index contributed by atoms with van der Waals surface area (Å²) in [5.41, 5.74) is 10.4. The Hall–Kier alpha value is -2.04. The van der Waals surface area contributed by atoms with E-state index in [-0.39, 0.29) is 0 Å². The van der Waals surface area contributed by atoms with E-state index < -0.39 is 6.03 Å². The van der Waals surface area contributed by atoms with Gasteiger partial charge in [0, 0.05) is 5.56 Å². The van der Waals surface area contributed by atoms with Crippen molar-refractivity contribution in [3.05, 3.63) is 29.3 Å². The highest BCUT2D eigenvalue weighted by Crippen LogP contribution is 2.25. The quantitative estimate of drug-likeness (QED) is 0.757. The third kappa shape index (κ3) is 2.55. The highest BCUT2D eigenvalue weighted by Gasteiger charge is 2.16. The lowest BCUT2D eigenvalue weighted by molar-refractivity contribution is 0.249. The van der Waals surface area contributed by atoms with Crippen molar-refractivity contribution in [2.24, 2.45) is 10.8 Å². The maximum Gasteiger partial charge on any atom is 0.332 e. The average Bonchev–Trinajstić information content (AvgIpc) is 2.35. The average molecular weight is 233 g/mol. The number of hydrogen-bond acceptors (Lipinski definition) is 3. The monoisotopic (exact) mass is 233 g/mol. The summed E-state index contributed by atoms with van der Waals surface area (Å²) in [6.45, 7) is 0. The second-order valence-corrected chi connectivity index (χ2v) is 3.91. The first-order chi connectivity index (χ1) is 8.20. The fraction of sp³-hybridized carbons (Fsp3) is 0.333. The zero-order chi connectivity index (χ0) is 12.3. The number of hydrogen-bond donors (Lipinski definition) is 2. The molecule has 90 valence electrons. The number of nitrogens with zero attached hydrogens (tertiary/aromatic N) is 1. The standard InChI is InChI=1S/C12H15N3O2/c1-17-9-5-6-10-8(7-9)3-2-4-11(10)14-15-12(13)16/h5-7H,2-4H2,1H3,(H3,13,15,16)/b14-11-. The van der Waals surface area contributed by atoms with Crippen LogP contribution in [-0.4, -0.2) is 18.9 Å². The van der Waals surface area contributed by atoms with Gasteiger partial charge in [-0.3, -0.25) is 0 Å². The minimum atomic E-state index is -0.641. The van der Waals surface area contributed by atoms with Gasteiger partial charge < -0.3 is 10.5 Å². The highest BCUT2D eigenvalue weighted by molar-refractivity contribution is 6.03. The molecule has 0 radical (unpaired) electrons. The van der Waals surface area contributed by atoms with Crippen molar-refractivity contribution in [2.75, 3.05) is 7.11 Å². The molecule has 1 aromatic rings. The molecule has 0 spiro atoms. The number of nitrogens with two attached hydrogens (primary N) is 1. The van der Waals surface area contributed by atoms with Gasteiger partial charge in [-0.15, -0.1) is 0 Å². The fourth-order valence-corrected chi connectivity index (χ4v) is 2.01. The molecule has 3 N–H and O–H groups in total. The Morgan fingerprint density at radius 3 is 3.00 bits per heavy atom. The predicted octanol–water partition coefficient (Wildman–Crippen LogP) is 1.40. The molecule has 0 unspecified atom stereocenters. The summed E-state index contributed by atoms with van der Waals surface area (Å²) in [6.07, 6.45) is 2.86. The van der Waals surface area contributed by atoms with Crippen LogP contribution in [0.15, 0.2) is 23.3 Å². The van der Waals surface area contributed by atoms with Crippen LogP contribution in [-0.2, 0) is 6.42 Å². The molecule has 17 heavy (non-hydrogen) atoms. The number of fused-ring (bicyclic) bond motifs is 1. The topological polar surface area (TPSA) is 76.7 Å². The van der Waals surface area contributed by atoms with Gasteiger partial charge >= 0.3 is 6.03 Å². The van der Waals surface area contributed by atoms with Gasteiger partial charge in [-0.2, -0.15) is 5.10 Å². The zero-order valence-corrected chi connectivity index (χ0v) is 9.69. The van der Waals surface area contributed by atoms with Crippen LogP contribution in [0.25, 0.3) is 0 Å². The van der Waals surface area contributed by atoms with E-state index in [0.717, 1.165) is 36.3 Å². The van der Waals surface area contributed by atoms with Crippen molar-refractivity contribution in [3.63, 3.8) is 0 Å². The van der Waals surface area contributed by atoms with E-state index in [9.17, 15) is 4.79 Å². The Kier molecular flexibility index (Phi) is 3.27. The smallest absolute Gasteiger partial charge is 0.332 e. The first-order valence-corrected chi connectivity index (χ1v) is 5.50. The van der Waals surface area contributed by atoms with Crippen LogP contribution >= 0.6 is 0 Å². The van der Waals surface area contributed by atoms with Gasteiger partial charge in [0.15, 0.2) is 0 Å². The molecule has 0 saturated carbocycles. The Morgan fingerprint density at radius 2 is 2.29 bits per heavy atom. The molecular formula is C12H15N3O2. The Labute approximate surface area is 99.6 Å². The fourth-order valence-electron chi connectivity index (χ4n) is 2.01. The van der Waals surface area contributed by atoms with Crippen LogP contribution in [0.5, 0.6) is 5.75 Å². The normalized spacial score (nSPS) is 16.4. The number of amides is 2. The van der Waals surface area contributed by atoms with Gasteiger partial charge in [0.25, 0.3) is 0 Å². The number of carbonyl (C=O) groups is 1. The summed E-state index contributed by atoms with van der Waals surface area (Å²) in [6, 6.07) is 5.23. The van der Waals surface area contributed by atoms with E-state index in [1.54, 1.807) is 7.11 Å². The van der Waals surface area contributed by atoms with Crippen molar-refractivity contribution in [1.29, 1.82) is 0 Å². The number of aryl methyl sites for hydroxylation is 1. The van der Waals surface area contributed by atoms with Crippen molar-refractivity contribution in [2.45, 2.75) is 19.3 Å². The lowest BCUT2D eigenvalue weighted by Crippen LogP contribution is -2.27. The van der Waals surface area contributed by atoms with Crippen LogP contribution in [0.1, 0.15) is 24.0 Å². The third-order valence-corrected chi connectivity index (χ3v) is 2.78. The van der Waals surface area contributed by atoms with Crippen LogP contribution in [0.2, 0.25) is 0 Å². The molecule has 0 fully saturated rings. The predicted molar refractivity (Wildman–Crippen MR) is 65.2 cm³/mol. The molecule has 1 aromatic carbocycles. The van der Waals surface area contributed by atoms with Gasteiger partial charge in [0.2, 0.25) is 0 Å². The van der Waals surface area contributed by atoms with E-state index in [4.69, 9.17) is 10.5 Å². The number of ether oxygens (including phenoxy) is 1. The van der Waals surface area contributed by atoms with Crippen LogP contribution in [0.3, 0.4) is 0 Å². The number of hydrazone groups is 1. The maximum absolute atomic E-state index is 10.6. The van der Waals surface area contributed by atoms with Gasteiger partial charge in [0.05, 0.1) is 12.8 Å². The van der Waals surface area contributed by atoms with E-state index >= 15 is 0 Å². The second kappa shape index (κ2) is 4.86. The summed E-state index contributed by atoms with van der Waals surface area (Å²) in [7, 11) is 1.65. The Morgan fingerprint density at radius 1 is 1.47 bits per heavy atom. The van der Waals surface area contributed by atoms with Crippen molar-refractivity contribution < 1.29 is 9.53 Å². The van der Waals surface area contributed by atoms with Crippen LogP contribution < -0.4 is 15.9 Å². The number of urea groups is 1. The largest absolute Gasteiger partial charge is 0.497 e. The molecule has 1 aliphatic rings. The summed E-state index contributed by atoms with van der Waals surface area (Å²) in [4.78, 5) is 10.6. The van der Waals surface area contributed by atoms with Gasteiger partial charge in [-0.05, 0) is 43.0 Å². The second-order valence-electron chi connectivity index (χ2n) is 3.91. The molecule has 0 bridgehead atoms. The molecule has 2 rings (SSSR count). The molecule has 0 heterocycles. The molecule has 2 amide bonds. The summed E-state index contributed by atoms with van der Waals surface area (Å²) in [5, 5.41) is 4.03. The van der Waals surface area contributed by atoms with Crippen LogP contribution in [0.4, 0.5) is 4.79 Å². The molecule has 1 aliphatic carbocycles. The van der Waals surface area contributed by atoms with E-state index in [0.29, 0.717) is 0 Å². The Bertz CT molecular complexity index is 469. The third-order valence-electron chi connectivity index (χ3n) is 2.78. The summed E-state index contributed by atoms with van der Waals surface area (Å²) >= 11 is 0. The molecule has 5 heteroatoms. The lowest BCUT2D eigenvalue weighted by Gasteiger charge is -2.18. The number of rotatable bonds is 2. The molecule has 0 atom stereocenters. The van der Waals surface area contributed by atoms with Gasteiger partial charge in [0.1, 0.15) is 5.75 Å². The maximum atomic E-state index is 10.6. The van der Waals surface area contributed by atoms with E-state index in [1.807, 2.05) is 18.2 Å². The number of primary amides is 1. The molecule has 0 aromatic heterocycles. The van der Waals surface area contributed by atoms with Crippen molar-refractivity contribution in [3.8, 4) is 5.75 Å². The minimum Gasteiger partial charge on any atom is -0.497 e. The van der Waals surface area contributed by atoms with Crippen molar-refractivity contribution >= 4 is 11.7 Å². The molecule has 0 saturated heterocycles. The van der Waals surface area contributed by atoms with Gasteiger partial charge in [-0.25, -0.2) is 10.2 Å². The first kappa shape index (κ1) is 11.4. The molecular weight excluding hydrogens is 218 g/mol. The number of nitrogens with one attached hydrogen (secondary N) is 1. The summed E-state index contributed by atoms with van der Waals surface area (Å²) in [5.74, 6) is 0.841.